The molecule has 0 saturated heterocycles. The van der Waals surface area contributed by atoms with E-state index in [4.69, 9.17) is 4.74 Å². The van der Waals surface area contributed by atoms with Crippen molar-refractivity contribution >= 4 is 34.7 Å². The van der Waals surface area contributed by atoms with E-state index in [-0.39, 0.29) is 5.91 Å². The number of amides is 1. The van der Waals surface area contributed by atoms with Crippen LogP contribution in [0.1, 0.15) is 15.9 Å². The molecule has 0 radical (unpaired) electrons. The van der Waals surface area contributed by atoms with Gasteiger partial charge in [-0.2, -0.15) is 5.10 Å². The van der Waals surface area contributed by atoms with Gasteiger partial charge in [0, 0.05) is 5.56 Å². The van der Waals surface area contributed by atoms with Gasteiger partial charge in [-0.3, -0.25) is 4.79 Å². The van der Waals surface area contributed by atoms with Crippen LogP contribution in [0.3, 0.4) is 0 Å². The first-order chi connectivity index (χ1) is 12.7. The first-order valence-corrected chi connectivity index (χ1v) is 9.07. The van der Waals surface area contributed by atoms with Crippen LogP contribution in [-0.2, 0) is 0 Å². The van der Waals surface area contributed by atoms with Crippen molar-refractivity contribution in [3.05, 3.63) is 87.5 Å². The van der Waals surface area contributed by atoms with Crippen LogP contribution in [0.25, 0.3) is 11.1 Å². The van der Waals surface area contributed by atoms with Gasteiger partial charge in [0.15, 0.2) is 0 Å². The number of hydrazone groups is 1. The maximum absolute atomic E-state index is 12.2. The largest absolute Gasteiger partial charge is 0.496 e. The lowest BCUT2D eigenvalue weighted by Gasteiger charge is -2.05. The van der Waals surface area contributed by atoms with E-state index in [1.165, 1.54) is 5.56 Å². The fourth-order valence-electron chi connectivity index (χ4n) is 2.43. The van der Waals surface area contributed by atoms with Crippen molar-refractivity contribution < 1.29 is 9.53 Å². The molecule has 0 aliphatic heterocycles. The fraction of sp³-hybridized carbons (Fsp3) is 0.0476. The minimum Gasteiger partial charge on any atom is -0.496 e. The number of rotatable bonds is 5. The van der Waals surface area contributed by atoms with Gasteiger partial charge in [-0.1, -0.05) is 54.6 Å². The number of benzene rings is 3. The van der Waals surface area contributed by atoms with Crippen molar-refractivity contribution in [3.63, 3.8) is 0 Å². The predicted molar refractivity (Wildman–Crippen MR) is 113 cm³/mol. The molecule has 0 aliphatic carbocycles. The molecule has 0 saturated carbocycles. The Bertz CT molecular complexity index is 923. The van der Waals surface area contributed by atoms with Crippen molar-refractivity contribution in [3.8, 4) is 16.9 Å². The number of nitrogens with one attached hydrogen (secondary N) is 1. The van der Waals surface area contributed by atoms with Crippen molar-refractivity contribution in [1.29, 1.82) is 0 Å². The second-order valence-electron chi connectivity index (χ2n) is 5.54. The molecule has 0 spiro atoms. The minimum absolute atomic E-state index is 0.261. The number of hydrogen-bond donors (Lipinski definition) is 1. The van der Waals surface area contributed by atoms with Crippen LogP contribution in [0.4, 0.5) is 0 Å². The first kappa shape index (κ1) is 18.1. The van der Waals surface area contributed by atoms with Gasteiger partial charge in [0.2, 0.25) is 0 Å². The fourth-order valence-corrected chi connectivity index (χ4v) is 3.17. The van der Waals surface area contributed by atoms with Crippen LogP contribution in [0.2, 0.25) is 0 Å². The Hall–Kier alpha value is -2.67. The van der Waals surface area contributed by atoms with E-state index in [1.807, 2.05) is 42.5 Å². The van der Waals surface area contributed by atoms with Gasteiger partial charge < -0.3 is 4.74 Å². The molecule has 0 heterocycles. The Kier molecular flexibility index (Phi) is 6.01. The lowest BCUT2D eigenvalue weighted by molar-refractivity contribution is 0.0955. The molecule has 1 amide bonds. The molecule has 0 atom stereocenters. The molecule has 3 aromatic carbocycles. The minimum atomic E-state index is -0.261. The Morgan fingerprint density at radius 1 is 1.00 bits per heavy atom. The molecular weight excluding hydrogens is 439 g/mol. The number of halogens is 1. The Morgan fingerprint density at radius 3 is 2.35 bits per heavy atom. The smallest absolute Gasteiger partial charge is 0.271 e. The summed E-state index contributed by atoms with van der Waals surface area (Å²) in [7, 11) is 1.60. The monoisotopic (exact) mass is 456 g/mol. The average Bonchev–Trinajstić information content (AvgIpc) is 2.69. The normalized spacial score (nSPS) is 10.7. The maximum Gasteiger partial charge on any atom is 0.271 e. The van der Waals surface area contributed by atoms with E-state index in [0.717, 1.165) is 20.4 Å². The summed E-state index contributed by atoms with van der Waals surface area (Å²) in [6.45, 7) is 0. The van der Waals surface area contributed by atoms with Crippen LogP contribution < -0.4 is 10.2 Å². The van der Waals surface area contributed by atoms with Gasteiger partial charge in [-0.15, -0.1) is 0 Å². The van der Waals surface area contributed by atoms with Gasteiger partial charge in [0.1, 0.15) is 5.75 Å². The van der Waals surface area contributed by atoms with Gasteiger partial charge in [-0.25, -0.2) is 5.43 Å². The number of nitrogens with zero attached hydrogens (tertiary/aromatic N) is 1. The molecule has 0 aliphatic rings. The van der Waals surface area contributed by atoms with Crippen molar-refractivity contribution in [2.45, 2.75) is 0 Å². The quantitative estimate of drug-likeness (QED) is 0.343. The summed E-state index contributed by atoms with van der Waals surface area (Å²) in [6.07, 6.45) is 1.63. The number of carbonyl (C=O) groups is 1. The molecule has 0 aromatic heterocycles. The predicted octanol–water partition coefficient (Wildman–Crippen LogP) is 4.73. The molecule has 1 N–H and O–H groups in total. The molecule has 0 unspecified atom stereocenters. The summed E-state index contributed by atoms with van der Waals surface area (Å²) in [5.41, 5.74) is 6.29. The molecule has 4 nitrogen and oxygen atoms in total. The van der Waals surface area contributed by atoms with Crippen molar-refractivity contribution in [2.24, 2.45) is 5.10 Å². The number of carbonyl (C=O) groups excluding carboxylic acids is 1. The molecule has 3 aromatic rings. The summed E-state index contributed by atoms with van der Waals surface area (Å²) in [4.78, 5) is 12.2. The maximum atomic E-state index is 12.2. The summed E-state index contributed by atoms with van der Waals surface area (Å²) in [5.74, 6) is 0.479. The van der Waals surface area contributed by atoms with Gasteiger partial charge in [-0.05, 0) is 57.5 Å². The number of hydrogen-bond acceptors (Lipinski definition) is 3. The van der Waals surface area contributed by atoms with Crippen LogP contribution in [-0.4, -0.2) is 19.2 Å². The molecular formula is C21H17IN2O2. The molecule has 130 valence electrons. The standard InChI is InChI=1S/C21H17IN2O2/c1-26-20-12-11-18(13-19(20)22)21(25)24-23-14-15-7-9-17(10-8-15)16-5-3-2-4-6-16/h2-14H,1H3,(H,24,25)/b23-14+. The van der Waals surface area contributed by atoms with E-state index in [2.05, 4.69) is 45.3 Å². The van der Waals surface area contributed by atoms with E-state index in [9.17, 15) is 4.79 Å². The average molecular weight is 456 g/mol. The summed E-state index contributed by atoms with van der Waals surface area (Å²) in [5, 5.41) is 4.03. The van der Waals surface area contributed by atoms with Crippen LogP contribution >= 0.6 is 22.6 Å². The van der Waals surface area contributed by atoms with Crippen LogP contribution in [0.5, 0.6) is 5.75 Å². The van der Waals surface area contributed by atoms with Crippen LogP contribution in [0.15, 0.2) is 77.9 Å². The lowest BCUT2D eigenvalue weighted by atomic mass is 10.0. The highest BCUT2D eigenvalue weighted by Gasteiger charge is 2.07. The van der Waals surface area contributed by atoms with E-state index in [0.29, 0.717) is 5.56 Å². The lowest BCUT2D eigenvalue weighted by Crippen LogP contribution is -2.17. The van der Waals surface area contributed by atoms with E-state index in [1.54, 1.807) is 31.5 Å². The Morgan fingerprint density at radius 2 is 1.69 bits per heavy atom. The second kappa shape index (κ2) is 8.62. The van der Waals surface area contributed by atoms with Gasteiger partial charge in [0.25, 0.3) is 5.91 Å². The van der Waals surface area contributed by atoms with E-state index >= 15 is 0 Å². The van der Waals surface area contributed by atoms with Gasteiger partial charge in [0.05, 0.1) is 16.9 Å². The highest BCUT2D eigenvalue weighted by molar-refractivity contribution is 14.1. The van der Waals surface area contributed by atoms with Crippen LogP contribution in [0, 0.1) is 3.57 Å². The molecule has 0 bridgehead atoms. The third-order valence-electron chi connectivity index (χ3n) is 3.81. The molecule has 5 heteroatoms. The number of methoxy groups -OCH3 is 1. The number of ether oxygens (including phenoxy) is 1. The highest BCUT2D eigenvalue weighted by atomic mass is 127. The zero-order chi connectivity index (χ0) is 18.4. The Balaban J connectivity index is 1.63. The molecule has 0 fully saturated rings. The third-order valence-corrected chi connectivity index (χ3v) is 4.65. The Labute approximate surface area is 166 Å². The third kappa shape index (κ3) is 4.49. The summed E-state index contributed by atoms with van der Waals surface area (Å²) in [6, 6.07) is 23.4. The topological polar surface area (TPSA) is 50.7 Å². The van der Waals surface area contributed by atoms with E-state index < -0.39 is 0 Å². The summed E-state index contributed by atoms with van der Waals surface area (Å²) >= 11 is 2.13. The zero-order valence-electron chi connectivity index (χ0n) is 14.1. The van der Waals surface area contributed by atoms with Crippen molar-refractivity contribution in [2.75, 3.05) is 7.11 Å². The van der Waals surface area contributed by atoms with Crippen molar-refractivity contribution in [1.82, 2.24) is 5.43 Å². The summed E-state index contributed by atoms with van der Waals surface area (Å²) < 4.78 is 6.06. The second-order valence-corrected chi connectivity index (χ2v) is 6.70. The first-order valence-electron chi connectivity index (χ1n) is 8.00. The van der Waals surface area contributed by atoms with Gasteiger partial charge >= 0.3 is 0 Å². The molecule has 3 rings (SSSR count). The SMILES string of the molecule is COc1ccc(C(=O)N/N=C/c2ccc(-c3ccccc3)cc2)cc1I. The highest BCUT2D eigenvalue weighted by Crippen LogP contribution is 2.21. The zero-order valence-corrected chi connectivity index (χ0v) is 16.3. The molecule has 26 heavy (non-hydrogen) atoms.